The fourth-order valence-corrected chi connectivity index (χ4v) is 2.51. The number of rotatable bonds is 2. The summed E-state index contributed by atoms with van der Waals surface area (Å²) in [4.78, 5) is 30.7. The highest BCUT2D eigenvalue weighted by atomic mass is 19.4. The maximum Gasteiger partial charge on any atom is 0.433 e. The van der Waals surface area contributed by atoms with Crippen LogP contribution in [0.2, 0.25) is 0 Å². The van der Waals surface area contributed by atoms with E-state index < -0.39 is 29.7 Å². The number of amides is 2. The number of primary amides is 1. The first-order valence-corrected chi connectivity index (χ1v) is 6.95. The molecule has 1 atom stereocenters. The molecule has 0 aliphatic carbocycles. The third kappa shape index (κ3) is 3.61. The molecule has 1 saturated heterocycles. The summed E-state index contributed by atoms with van der Waals surface area (Å²) in [7, 11) is 1.79. The number of carbonyl (C=O) groups excluding carboxylic acids is 2. The van der Waals surface area contributed by atoms with Gasteiger partial charge < -0.3 is 15.5 Å². The monoisotopic (exact) mass is 330 g/mol. The van der Waals surface area contributed by atoms with Crippen molar-refractivity contribution in [2.45, 2.75) is 19.1 Å². The fraction of sp³-hybridized carbons (Fsp3) is 0.500. The number of nitrogens with zero attached hydrogens (tertiary/aromatic N) is 3. The molecule has 1 unspecified atom stereocenters. The Morgan fingerprint density at radius 3 is 2.48 bits per heavy atom. The quantitative estimate of drug-likeness (QED) is 0.863. The van der Waals surface area contributed by atoms with Gasteiger partial charge in [-0.1, -0.05) is 0 Å². The normalized spacial score (nSPS) is 19.7. The standard InChI is InChI=1S/C14H17F3N4O2/c1-8-9(3-4-11(19-8)14(15,16)17)13(23)21-6-5-20(2)7-10(21)12(18)22/h3-4,10H,5-7H2,1-2H3,(H2,18,22). The molecule has 1 aromatic rings. The Labute approximate surface area is 131 Å². The molecule has 2 amide bonds. The molecule has 9 heteroatoms. The summed E-state index contributed by atoms with van der Waals surface area (Å²) in [5, 5.41) is 0. The van der Waals surface area contributed by atoms with Gasteiger partial charge in [-0.25, -0.2) is 4.98 Å². The van der Waals surface area contributed by atoms with Gasteiger partial charge in [-0.2, -0.15) is 13.2 Å². The highest BCUT2D eigenvalue weighted by molar-refractivity contribution is 5.98. The number of aromatic nitrogens is 1. The van der Waals surface area contributed by atoms with E-state index in [1.54, 1.807) is 7.05 Å². The van der Waals surface area contributed by atoms with Gasteiger partial charge >= 0.3 is 6.18 Å². The molecule has 1 aliphatic rings. The largest absolute Gasteiger partial charge is 0.433 e. The van der Waals surface area contributed by atoms with Gasteiger partial charge in [0.1, 0.15) is 11.7 Å². The molecule has 126 valence electrons. The molecule has 2 rings (SSSR count). The molecular formula is C14H17F3N4O2. The van der Waals surface area contributed by atoms with Crippen molar-refractivity contribution in [3.8, 4) is 0 Å². The Morgan fingerprint density at radius 1 is 1.30 bits per heavy atom. The van der Waals surface area contributed by atoms with Gasteiger partial charge in [0.15, 0.2) is 0 Å². The van der Waals surface area contributed by atoms with Gasteiger partial charge in [0, 0.05) is 19.6 Å². The van der Waals surface area contributed by atoms with Crippen LogP contribution in [0.1, 0.15) is 21.7 Å². The lowest BCUT2D eigenvalue weighted by Crippen LogP contribution is -2.59. The van der Waals surface area contributed by atoms with Gasteiger partial charge in [0.25, 0.3) is 5.91 Å². The van der Waals surface area contributed by atoms with E-state index in [1.165, 1.54) is 11.8 Å². The van der Waals surface area contributed by atoms with E-state index in [0.717, 1.165) is 12.1 Å². The van der Waals surface area contributed by atoms with Crippen molar-refractivity contribution in [1.29, 1.82) is 0 Å². The second kappa shape index (κ2) is 6.15. The predicted octanol–water partition coefficient (Wildman–Crippen LogP) is 0.650. The van der Waals surface area contributed by atoms with Crippen LogP contribution in [0, 0.1) is 6.92 Å². The van der Waals surface area contributed by atoms with E-state index >= 15 is 0 Å². The van der Waals surface area contributed by atoms with E-state index in [4.69, 9.17) is 5.73 Å². The number of likely N-dealkylation sites (N-methyl/N-ethyl adjacent to an activating group) is 1. The highest BCUT2D eigenvalue weighted by Crippen LogP contribution is 2.28. The van der Waals surface area contributed by atoms with Crippen molar-refractivity contribution < 1.29 is 22.8 Å². The topological polar surface area (TPSA) is 79.5 Å². The maximum atomic E-state index is 12.6. The molecule has 6 nitrogen and oxygen atoms in total. The minimum absolute atomic E-state index is 0.0352. The number of carbonyl (C=O) groups is 2. The number of nitrogens with two attached hydrogens (primary N) is 1. The van der Waals surface area contributed by atoms with E-state index in [1.807, 2.05) is 4.90 Å². The van der Waals surface area contributed by atoms with Gasteiger partial charge in [0.2, 0.25) is 5.91 Å². The minimum atomic E-state index is -4.57. The molecule has 0 spiro atoms. The predicted molar refractivity (Wildman–Crippen MR) is 75.5 cm³/mol. The summed E-state index contributed by atoms with van der Waals surface area (Å²) in [6.45, 7) is 2.43. The van der Waals surface area contributed by atoms with Gasteiger partial charge in [-0.15, -0.1) is 0 Å². The lowest BCUT2D eigenvalue weighted by Gasteiger charge is -2.38. The van der Waals surface area contributed by atoms with Crippen LogP contribution in [0.3, 0.4) is 0 Å². The van der Waals surface area contributed by atoms with Crippen LogP contribution in [0.15, 0.2) is 12.1 Å². The summed E-state index contributed by atoms with van der Waals surface area (Å²) in [5.41, 5.74) is 4.27. The number of hydrogen-bond acceptors (Lipinski definition) is 4. The van der Waals surface area contributed by atoms with Gasteiger partial charge in [-0.05, 0) is 26.1 Å². The van der Waals surface area contributed by atoms with Gasteiger partial charge in [0.05, 0.1) is 11.3 Å². The van der Waals surface area contributed by atoms with Crippen molar-refractivity contribution in [3.63, 3.8) is 0 Å². The van der Waals surface area contributed by atoms with Crippen molar-refractivity contribution >= 4 is 11.8 Å². The first kappa shape index (κ1) is 17.2. The number of hydrogen-bond donors (Lipinski definition) is 1. The summed E-state index contributed by atoms with van der Waals surface area (Å²) in [6, 6.07) is 1.03. The van der Waals surface area contributed by atoms with Crippen LogP contribution < -0.4 is 5.73 Å². The summed E-state index contributed by atoms with van der Waals surface area (Å²) in [5.74, 6) is -1.19. The second-order valence-electron chi connectivity index (χ2n) is 5.51. The molecule has 0 saturated carbocycles. The first-order chi connectivity index (χ1) is 10.6. The van der Waals surface area contributed by atoms with E-state index in [2.05, 4.69) is 4.98 Å². The van der Waals surface area contributed by atoms with Crippen molar-refractivity contribution in [2.24, 2.45) is 5.73 Å². The molecular weight excluding hydrogens is 313 g/mol. The SMILES string of the molecule is Cc1nc(C(F)(F)F)ccc1C(=O)N1CCN(C)CC1C(N)=O. The third-order valence-corrected chi connectivity index (χ3v) is 3.78. The zero-order valence-corrected chi connectivity index (χ0v) is 12.7. The van der Waals surface area contributed by atoms with Crippen molar-refractivity contribution in [1.82, 2.24) is 14.8 Å². The average Bonchev–Trinajstić information content (AvgIpc) is 2.45. The Kier molecular flexibility index (Phi) is 4.60. The lowest BCUT2D eigenvalue weighted by atomic mass is 10.1. The molecule has 2 heterocycles. The number of halogens is 3. The molecule has 23 heavy (non-hydrogen) atoms. The van der Waals surface area contributed by atoms with Crippen LogP contribution in [-0.2, 0) is 11.0 Å². The minimum Gasteiger partial charge on any atom is -0.368 e. The van der Waals surface area contributed by atoms with Crippen molar-refractivity contribution in [3.05, 3.63) is 29.1 Å². The Bertz CT molecular complexity index is 633. The number of aryl methyl sites for hydroxylation is 1. The van der Waals surface area contributed by atoms with E-state index in [0.29, 0.717) is 6.54 Å². The number of alkyl halides is 3. The van der Waals surface area contributed by atoms with Crippen LogP contribution in [-0.4, -0.2) is 59.3 Å². The third-order valence-electron chi connectivity index (χ3n) is 3.78. The lowest BCUT2D eigenvalue weighted by molar-refractivity contribution is -0.141. The second-order valence-corrected chi connectivity index (χ2v) is 5.51. The molecule has 1 aromatic heterocycles. The molecule has 0 aromatic carbocycles. The molecule has 2 N–H and O–H groups in total. The van der Waals surface area contributed by atoms with Crippen LogP contribution >= 0.6 is 0 Å². The number of pyridine rings is 1. The van der Waals surface area contributed by atoms with Crippen LogP contribution in [0.5, 0.6) is 0 Å². The molecule has 1 fully saturated rings. The van der Waals surface area contributed by atoms with E-state index in [-0.39, 0.29) is 24.3 Å². The summed E-state index contributed by atoms with van der Waals surface area (Å²) < 4.78 is 37.9. The highest BCUT2D eigenvalue weighted by Gasteiger charge is 2.36. The Hall–Kier alpha value is -2.16. The number of piperazine rings is 1. The maximum absolute atomic E-state index is 12.6. The molecule has 0 bridgehead atoms. The van der Waals surface area contributed by atoms with E-state index in [9.17, 15) is 22.8 Å². The molecule has 1 aliphatic heterocycles. The zero-order valence-electron chi connectivity index (χ0n) is 12.7. The smallest absolute Gasteiger partial charge is 0.368 e. The fourth-order valence-electron chi connectivity index (χ4n) is 2.51. The zero-order chi connectivity index (χ0) is 17.4. The summed E-state index contributed by atoms with van der Waals surface area (Å²) in [6.07, 6.45) is -4.57. The Balaban J connectivity index is 2.31. The first-order valence-electron chi connectivity index (χ1n) is 6.95. The Morgan fingerprint density at radius 2 is 1.96 bits per heavy atom. The van der Waals surface area contributed by atoms with Crippen LogP contribution in [0.25, 0.3) is 0 Å². The average molecular weight is 330 g/mol. The summed E-state index contributed by atoms with van der Waals surface area (Å²) >= 11 is 0. The van der Waals surface area contributed by atoms with Crippen LogP contribution in [0.4, 0.5) is 13.2 Å². The van der Waals surface area contributed by atoms with Gasteiger partial charge in [-0.3, -0.25) is 9.59 Å². The molecule has 0 radical (unpaired) electrons. The van der Waals surface area contributed by atoms with Crippen molar-refractivity contribution in [2.75, 3.05) is 26.7 Å².